The first-order valence-corrected chi connectivity index (χ1v) is 9.28. The van der Waals surface area contributed by atoms with E-state index in [0.29, 0.717) is 6.61 Å². The number of benzene rings is 1. The third-order valence-corrected chi connectivity index (χ3v) is 6.33. The van der Waals surface area contributed by atoms with Crippen molar-refractivity contribution in [1.29, 1.82) is 0 Å². The predicted octanol–water partition coefficient (Wildman–Crippen LogP) is 2.95. The molecule has 2 N–H and O–H groups in total. The Labute approximate surface area is 149 Å². The van der Waals surface area contributed by atoms with E-state index in [0.717, 1.165) is 57.2 Å². The SMILES string of the molecule is O=C(OCc1ccccc1)N1CCC2(CC1)CCC(CO)(CO)CC2. The van der Waals surface area contributed by atoms with Gasteiger partial charge >= 0.3 is 6.09 Å². The minimum atomic E-state index is -0.295. The van der Waals surface area contributed by atoms with Gasteiger partial charge in [0.15, 0.2) is 0 Å². The van der Waals surface area contributed by atoms with Crippen LogP contribution >= 0.6 is 0 Å². The Hall–Kier alpha value is -1.59. The normalized spacial score (nSPS) is 21.9. The number of ether oxygens (including phenoxy) is 1. The van der Waals surface area contributed by atoms with Crippen LogP contribution in [0.15, 0.2) is 30.3 Å². The van der Waals surface area contributed by atoms with Crippen molar-refractivity contribution in [2.45, 2.75) is 45.1 Å². The fourth-order valence-electron chi connectivity index (χ4n) is 4.15. The molecule has 0 atom stereocenters. The Kier molecular flexibility index (Phi) is 5.64. The first kappa shape index (κ1) is 18.2. The van der Waals surface area contributed by atoms with E-state index in [2.05, 4.69) is 0 Å². The van der Waals surface area contributed by atoms with Crippen molar-refractivity contribution in [2.75, 3.05) is 26.3 Å². The molecule has 1 saturated carbocycles. The van der Waals surface area contributed by atoms with Gasteiger partial charge in [-0.3, -0.25) is 0 Å². The van der Waals surface area contributed by atoms with Gasteiger partial charge in [-0.2, -0.15) is 0 Å². The van der Waals surface area contributed by atoms with E-state index in [9.17, 15) is 15.0 Å². The molecule has 0 radical (unpaired) electrons. The summed E-state index contributed by atoms with van der Waals surface area (Å²) in [5, 5.41) is 19.1. The summed E-state index contributed by atoms with van der Waals surface area (Å²) < 4.78 is 5.43. The van der Waals surface area contributed by atoms with Crippen molar-refractivity contribution in [2.24, 2.45) is 10.8 Å². The number of hydrogen-bond donors (Lipinski definition) is 2. The molecular weight excluding hydrogens is 318 g/mol. The van der Waals surface area contributed by atoms with Crippen LogP contribution in [0.2, 0.25) is 0 Å². The molecule has 1 aromatic carbocycles. The van der Waals surface area contributed by atoms with Crippen LogP contribution in [0.1, 0.15) is 44.1 Å². The highest BCUT2D eigenvalue weighted by atomic mass is 16.6. The van der Waals surface area contributed by atoms with Crippen molar-refractivity contribution >= 4 is 6.09 Å². The van der Waals surface area contributed by atoms with E-state index in [-0.39, 0.29) is 30.1 Å². The van der Waals surface area contributed by atoms with Crippen LogP contribution in [0.5, 0.6) is 0 Å². The summed E-state index contributed by atoms with van der Waals surface area (Å²) in [5.41, 5.74) is 0.974. The average molecular weight is 347 g/mol. The van der Waals surface area contributed by atoms with Gasteiger partial charge in [0.1, 0.15) is 6.61 Å². The summed E-state index contributed by atoms with van der Waals surface area (Å²) in [6.45, 7) is 1.92. The molecule has 1 amide bonds. The summed E-state index contributed by atoms with van der Waals surface area (Å²) in [4.78, 5) is 14.1. The fraction of sp³-hybridized carbons (Fsp3) is 0.650. The van der Waals surface area contributed by atoms with Crippen LogP contribution in [-0.2, 0) is 11.3 Å². The molecule has 25 heavy (non-hydrogen) atoms. The molecule has 1 saturated heterocycles. The van der Waals surface area contributed by atoms with Crippen LogP contribution < -0.4 is 0 Å². The lowest BCUT2D eigenvalue weighted by Crippen LogP contribution is -2.47. The van der Waals surface area contributed by atoms with Gasteiger partial charge in [-0.1, -0.05) is 30.3 Å². The first-order valence-electron chi connectivity index (χ1n) is 9.28. The number of rotatable bonds is 4. The summed E-state index contributed by atoms with van der Waals surface area (Å²) in [7, 11) is 0. The van der Waals surface area contributed by atoms with Gasteiger partial charge in [0.25, 0.3) is 0 Å². The highest BCUT2D eigenvalue weighted by molar-refractivity contribution is 5.67. The largest absolute Gasteiger partial charge is 0.445 e. The molecule has 0 aromatic heterocycles. The van der Waals surface area contributed by atoms with Crippen molar-refractivity contribution in [1.82, 2.24) is 4.90 Å². The highest BCUT2D eigenvalue weighted by Gasteiger charge is 2.44. The van der Waals surface area contributed by atoms with Gasteiger partial charge in [0.05, 0.1) is 13.2 Å². The zero-order chi connectivity index (χ0) is 17.8. The number of carbonyl (C=O) groups excluding carboxylic acids is 1. The Bertz CT molecular complexity index is 550. The smallest absolute Gasteiger partial charge is 0.410 e. The zero-order valence-electron chi connectivity index (χ0n) is 14.8. The fourth-order valence-corrected chi connectivity index (χ4v) is 4.15. The maximum Gasteiger partial charge on any atom is 0.410 e. The number of carbonyl (C=O) groups is 1. The van der Waals surface area contributed by atoms with Gasteiger partial charge in [-0.15, -0.1) is 0 Å². The molecule has 5 nitrogen and oxygen atoms in total. The second-order valence-corrected chi connectivity index (χ2v) is 7.84. The molecule has 2 fully saturated rings. The van der Waals surface area contributed by atoms with Crippen molar-refractivity contribution in [3.63, 3.8) is 0 Å². The van der Waals surface area contributed by atoms with Crippen LogP contribution in [0.3, 0.4) is 0 Å². The average Bonchev–Trinajstić information content (AvgIpc) is 2.69. The lowest BCUT2D eigenvalue weighted by molar-refractivity contribution is -0.0340. The lowest BCUT2D eigenvalue weighted by Gasteiger charge is -2.48. The van der Waals surface area contributed by atoms with Crippen molar-refractivity contribution in [3.8, 4) is 0 Å². The number of aliphatic hydroxyl groups is 2. The minimum Gasteiger partial charge on any atom is -0.445 e. The molecule has 3 rings (SSSR count). The van der Waals surface area contributed by atoms with Crippen molar-refractivity contribution < 1.29 is 19.7 Å². The first-order chi connectivity index (χ1) is 12.1. The molecule has 0 bridgehead atoms. The van der Waals surface area contributed by atoms with Gasteiger partial charge in [-0.05, 0) is 49.5 Å². The molecule has 138 valence electrons. The molecule has 1 heterocycles. The van der Waals surface area contributed by atoms with Gasteiger partial charge in [0, 0.05) is 18.5 Å². The second-order valence-electron chi connectivity index (χ2n) is 7.84. The second kappa shape index (κ2) is 7.75. The molecular formula is C20H29NO4. The molecule has 0 unspecified atom stereocenters. The number of piperidine rings is 1. The number of amides is 1. The Morgan fingerprint density at radius 2 is 1.56 bits per heavy atom. The lowest BCUT2D eigenvalue weighted by atomic mass is 9.61. The summed E-state index contributed by atoms with van der Waals surface area (Å²) >= 11 is 0. The standard InChI is InChI=1S/C20H29NO4/c22-15-20(16-23)8-6-19(7-9-20)10-12-21(13-11-19)18(24)25-14-17-4-2-1-3-5-17/h1-5,22-23H,6-16H2. The quantitative estimate of drug-likeness (QED) is 0.878. The molecule has 1 aliphatic heterocycles. The molecule has 2 aliphatic rings. The van der Waals surface area contributed by atoms with Crippen LogP contribution in [-0.4, -0.2) is 47.5 Å². The predicted molar refractivity (Wildman–Crippen MR) is 94.9 cm³/mol. The van der Waals surface area contributed by atoms with Crippen LogP contribution in [0.25, 0.3) is 0 Å². The Balaban J connectivity index is 1.46. The van der Waals surface area contributed by atoms with E-state index in [1.807, 2.05) is 35.2 Å². The van der Waals surface area contributed by atoms with Gasteiger partial charge in [-0.25, -0.2) is 4.79 Å². The molecule has 5 heteroatoms. The van der Waals surface area contributed by atoms with E-state index in [1.165, 1.54) is 0 Å². The van der Waals surface area contributed by atoms with E-state index < -0.39 is 0 Å². The molecule has 1 spiro atoms. The summed E-state index contributed by atoms with van der Waals surface area (Å²) in [6.07, 6.45) is 5.55. The maximum atomic E-state index is 12.3. The highest BCUT2D eigenvalue weighted by Crippen LogP contribution is 2.50. The van der Waals surface area contributed by atoms with E-state index in [4.69, 9.17) is 4.74 Å². The summed E-state index contributed by atoms with van der Waals surface area (Å²) in [5.74, 6) is 0. The van der Waals surface area contributed by atoms with Gasteiger partial charge < -0.3 is 19.8 Å². The zero-order valence-corrected chi connectivity index (χ0v) is 14.8. The third-order valence-electron chi connectivity index (χ3n) is 6.33. The molecule has 1 aliphatic carbocycles. The van der Waals surface area contributed by atoms with Crippen LogP contribution in [0, 0.1) is 10.8 Å². The van der Waals surface area contributed by atoms with E-state index in [1.54, 1.807) is 0 Å². The Morgan fingerprint density at radius 1 is 0.960 bits per heavy atom. The topological polar surface area (TPSA) is 70.0 Å². The number of nitrogens with zero attached hydrogens (tertiary/aromatic N) is 1. The monoisotopic (exact) mass is 347 g/mol. The number of aliphatic hydroxyl groups excluding tert-OH is 2. The molecule has 1 aromatic rings. The third kappa shape index (κ3) is 4.15. The number of likely N-dealkylation sites (tertiary alicyclic amines) is 1. The minimum absolute atomic E-state index is 0.0670. The van der Waals surface area contributed by atoms with Gasteiger partial charge in [0.2, 0.25) is 0 Å². The maximum absolute atomic E-state index is 12.3. The summed E-state index contributed by atoms with van der Waals surface area (Å²) in [6, 6.07) is 9.73. The van der Waals surface area contributed by atoms with E-state index >= 15 is 0 Å². The van der Waals surface area contributed by atoms with Crippen LogP contribution in [0.4, 0.5) is 4.79 Å². The van der Waals surface area contributed by atoms with Crippen molar-refractivity contribution in [3.05, 3.63) is 35.9 Å². The number of hydrogen-bond acceptors (Lipinski definition) is 4. The Morgan fingerprint density at radius 3 is 2.12 bits per heavy atom.